The van der Waals surface area contributed by atoms with Crippen LogP contribution in [-0.2, 0) is 6.42 Å². The average molecular weight is 717 g/mol. The van der Waals surface area contributed by atoms with Gasteiger partial charge in [-0.1, -0.05) is 14.8 Å². The second kappa shape index (κ2) is 14.7. The number of hydrogen-bond donors (Lipinski definition) is 2. The Morgan fingerprint density at radius 2 is 1.77 bits per heavy atom. The van der Waals surface area contributed by atoms with E-state index in [-0.39, 0.29) is 0 Å². The summed E-state index contributed by atoms with van der Waals surface area (Å²) in [6, 6.07) is 14.9. The van der Waals surface area contributed by atoms with E-state index in [1.165, 1.54) is 42.5 Å². The fraction of sp³-hybridized carbons (Fsp3) is 0.429. The predicted molar refractivity (Wildman–Crippen MR) is 198 cm³/mol. The maximum absolute atomic E-state index is 9.32. The van der Waals surface area contributed by atoms with Crippen molar-refractivity contribution in [2.24, 2.45) is 0 Å². The van der Waals surface area contributed by atoms with Crippen molar-refractivity contribution in [2.75, 3.05) is 82.3 Å². The zero-order valence-corrected chi connectivity index (χ0v) is 30.3. The van der Waals surface area contributed by atoms with Gasteiger partial charge in [0, 0.05) is 79.6 Å². The topological polar surface area (TPSA) is 105 Å². The molecule has 4 aromatic rings. The molecule has 2 fully saturated rings. The van der Waals surface area contributed by atoms with Crippen molar-refractivity contribution in [1.29, 1.82) is 5.26 Å². The van der Waals surface area contributed by atoms with E-state index in [1.807, 2.05) is 18.2 Å². The number of likely N-dealkylation sites (N-methyl/N-ethyl adjacent to an activating group) is 1. The van der Waals surface area contributed by atoms with E-state index < -0.39 is 7.92 Å². The van der Waals surface area contributed by atoms with Crippen molar-refractivity contribution in [3.05, 3.63) is 58.3 Å². The van der Waals surface area contributed by atoms with Gasteiger partial charge in [0.05, 0.1) is 22.8 Å². The van der Waals surface area contributed by atoms with Crippen LogP contribution >= 0.6 is 23.9 Å². The van der Waals surface area contributed by atoms with Crippen LogP contribution in [0.4, 0.5) is 28.8 Å². The van der Waals surface area contributed by atoms with Crippen LogP contribution in [0.2, 0.25) is 0 Å². The standard InChI is InChI=1S/C35H43BrN9OP/c1-6-23-19-30(32(46-3)20-31(23)45-13-11-25(12-14-45)44-17-15-43(2)16-18-44)41-35-38-22-27(36)34(42-35)40-29-10-9-28-26(33(29)47(4)5)8-7-24(21-37)39-28/h7-10,19-20,22,25H,6,11-18H2,1-5H3,(H2,38,40,41,42). The average Bonchev–Trinajstić information content (AvgIpc) is 3.09. The van der Waals surface area contributed by atoms with Crippen LogP contribution in [0.25, 0.3) is 10.9 Å². The van der Waals surface area contributed by atoms with Gasteiger partial charge in [-0.3, -0.25) is 4.90 Å². The Morgan fingerprint density at radius 1 is 1.00 bits per heavy atom. The monoisotopic (exact) mass is 715 g/mol. The van der Waals surface area contributed by atoms with Crippen LogP contribution in [0.3, 0.4) is 0 Å². The number of piperazine rings is 1. The largest absolute Gasteiger partial charge is 0.494 e. The molecule has 0 bridgehead atoms. The molecule has 0 unspecified atom stereocenters. The SMILES string of the molecule is CCc1cc(Nc2ncc(Br)c(Nc3ccc4nc(C#N)ccc4c3P(C)C)n2)c(OC)cc1N1CCC(N2CCN(C)CC2)CC1. The molecule has 2 aliphatic rings. The van der Waals surface area contributed by atoms with Crippen molar-refractivity contribution < 1.29 is 4.74 Å². The minimum atomic E-state index is -0.497. The third-order valence-corrected chi connectivity index (χ3v) is 11.2. The molecule has 0 atom stereocenters. The number of rotatable bonds is 9. The van der Waals surface area contributed by atoms with E-state index in [0.29, 0.717) is 23.5 Å². The quantitative estimate of drug-likeness (QED) is 0.192. The highest BCUT2D eigenvalue weighted by Gasteiger charge is 2.28. The summed E-state index contributed by atoms with van der Waals surface area (Å²) in [5.41, 5.74) is 5.54. The second-order valence-corrected chi connectivity index (χ2v) is 15.6. The van der Waals surface area contributed by atoms with Crippen LogP contribution in [0.5, 0.6) is 5.75 Å². The fourth-order valence-electron chi connectivity index (χ4n) is 6.71. The Kier molecular flexibility index (Phi) is 10.4. The van der Waals surface area contributed by atoms with Crippen molar-refractivity contribution in [1.82, 2.24) is 24.8 Å². The summed E-state index contributed by atoms with van der Waals surface area (Å²) >= 11 is 3.65. The van der Waals surface area contributed by atoms with E-state index in [1.54, 1.807) is 19.4 Å². The molecule has 0 aliphatic carbocycles. The van der Waals surface area contributed by atoms with Gasteiger partial charge < -0.3 is 25.2 Å². The fourth-order valence-corrected chi connectivity index (χ4v) is 8.29. The smallest absolute Gasteiger partial charge is 0.229 e. The van der Waals surface area contributed by atoms with Gasteiger partial charge in [-0.05, 0) is 91.5 Å². The molecule has 246 valence electrons. The number of aryl methyl sites for hydroxylation is 1. The molecular weight excluding hydrogens is 673 g/mol. The van der Waals surface area contributed by atoms with Gasteiger partial charge in [0.15, 0.2) is 0 Å². The summed E-state index contributed by atoms with van der Waals surface area (Å²) in [5.74, 6) is 1.88. The van der Waals surface area contributed by atoms with Crippen LogP contribution < -0.4 is 25.6 Å². The lowest BCUT2D eigenvalue weighted by Gasteiger charge is -2.43. The third kappa shape index (κ3) is 7.31. The van der Waals surface area contributed by atoms with E-state index >= 15 is 0 Å². The highest BCUT2D eigenvalue weighted by Crippen LogP contribution is 2.38. The number of hydrogen-bond acceptors (Lipinski definition) is 10. The molecule has 10 nitrogen and oxygen atoms in total. The molecule has 0 spiro atoms. The minimum Gasteiger partial charge on any atom is -0.494 e. The number of nitrogens with one attached hydrogen (secondary N) is 2. The molecule has 6 rings (SSSR count). The van der Waals surface area contributed by atoms with Gasteiger partial charge in [-0.15, -0.1) is 0 Å². The first-order valence-electron chi connectivity index (χ1n) is 16.2. The minimum absolute atomic E-state index is 0.412. The Hall–Kier alpha value is -3.55. The number of pyridine rings is 1. The first-order chi connectivity index (χ1) is 22.8. The van der Waals surface area contributed by atoms with Gasteiger partial charge >= 0.3 is 0 Å². The summed E-state index contributed by atoms with van der Waals surface area (Å²) < 4.78 is 6.67. The summed E-state index contributed by atoms with van der Waals surface area (Å²) in [6.45, 7) is 13.4. The summed E-state index contributed by atoms with van der Waals surface area (Å²) in [5, 5.41) is 18.5. The Bertz CT molecular complexity index is 1780. The third-order valence-electron chi connectivity index (χ3n) is 9.29. The number of halogens is 1. The van der Waals surface area contributed by atoms with Crippen LogP contribution in [0, 0.1) is 11.3 Å². The lowest BCUT2D eigenvalue weighted by Crippen LogP contribution is -2.52. The number of nitrogens with zero attached hydrogens (tertiary/aromatic N) is 7. The number of anilines is 5. The van der Waals surface area contributed by atoms with Gasteiger partial charge in [0.2, 0.25) is 5.95 Å². The van der Waals surface area contributed by atoms with Crippen LogP contribution in [0.15, 0.2) is 47.1 Å². The number of aromatic nitrogens is 3. The lowest BCUT2D eigenvalue weighted by atomic mass is 9.99. The molecule has 12 heteroatoms. The highest BCUT2D eigenvalue weighted by molar-refractivity contribution is 9.10. The first-order valence-corrected chi connectivity index (χ1v) is 19.3. The van der Waals surface area contributed by atoms with Crippen molar-refractivity contribution in [3.8, 4) is 11.8 Å². The van der Waals surface area contributed by atoms with Crippen molar-refractivity contribution in [3.63, 3.8) is 0 Å². The first kappa shape index (κ1) is 33.4. The summed E-state index contributed by atoms with van der Waals surface area (Å²) in [4.78, 5) is 21.6. The molecule has 0 radical (unpaired) electrons. The lowest BCUT2D eigenvalue weighted by molar-refractivity contribution is 0.0982. The summed E-state index contributed by atoms with van der Waals surface area (Å²) in [6.07, 6.45) is 5.04. The maximum atomic E-state index is 9.32. The molecule has 47 heavy (non-hydrogen) atoms. The van der Waals surface area contributed by atoms with E-state index in [0.717, 1.165) is 65.1 Å². The van der Waals surface area contributed by atoms with Crippen molar-refractivity contribution in [2.45, 2.75) is 32.2 Å². The Morgan fingerprint density at radius 3 is 2.45 bits per heavy atom. The number of nitriles is 1. The molecule has 2 aliphatic heterocycles. The van der Waals surface area contributed by atoms with Gasteiger partial charge in [0.1, 0.15) is 23.3 Å². The van der Waals surface area contributed by atoms with Crippen LogP contribution in [0.1, 0.15) is 31.0 Å². The molecule has 0 saturated carbocycles. The molecule has 2 aromatic carbocycles. The number of benzene rings is 2. The maximum Gasteiger partial charge on any atom is 0.229 e. The van der Waals surface area contributed by atoms with E-state index in [2.05, 4.69) is 96.7 Å². The van der Waals surface area contributed by atoms with Crippen molar-refractivity contribution >= 4 is 68.9 Å². The molecule has 4 heterocycles. The zero-order valence-electron chi connectivity index (χ0n) is 27.8. The normalized spacial score (nSPS) is 16.4. The Balaban J connectivity index is 1.22. The van der Waals surface area contributed by atoms with Gasteiger partial charge in [-0.2, -0.15) is 10.2 Å². The number of methoxy groups -OCH3 is 1. The number of piperidine rings is 1. The zero-order chi connectivity index (χ0) is 33.1. The molecule has 2 N–H and O–H groups in total. The number of ether oxygens (including phenoxy) is 1. The number of fused-ring (bicyclic) bond motifs is 1. The molecule has 2 saturated heterocycles. The van der Waals surface area contributed by atoms with Crippen LogP contribution in [-0.4, -0.2) is 97.5 Å². The highest BCUT2D eigenvalue weighted by atomic mass is 79.9. The van der Waals surface area contributed by atoms with E-state index in [4.69, 9.17) is 9.72 Å². The van der Waals surface area contributed by atoms with E-state index in [9.17, 15) is 5.26 Å². The van der Waals surface area contributed by atoms with Gasteiger partial charge in [0.25, 0.3) is 0 Å². The summed E-state index contributed by atoms with van der Waals surface area (Å²) in [7, 11) is 3.44. The van der Waals surface area contributed by atoms with Gasteiger partial charge in [-0.25, -0.2) is 9.97 Å². The predicted octanol–water partition coefficient (Wildman–Crippen LogP) is 6.30. The Labute approximate surface area is 287 Å². The molecular formula is C35H43BrN9OP. The molecule has 0 amide bonds. The second-order valence-electron chi connectivity index (χ2n) is 12.5. The molecule has 2 aromatic heterocycles.